The molecule has 1 aromatic heterocycles. The van der Waals surface area contributed by atoms with Gasteiger partial charge in [0.05, 0.1) is 0 Å². The van der Waals surface area contributed by atoms with Gasteiger partial charge >= 0.3 is 0 Å². The SMILES string of the molecule is CCCN(c1nc(C2CC2)ns1)C1CCCNC1. The maximum atomic E-state index is 4.77. The van der Waals surface area contributed by atoms with Crippen molar-refractivity contribution in [3.63, 3.8) is 0 Å². The van der Waals surface area contributed by atoms with E-state index >= 15 is 0 Å². The average molecular weight is 266 g/mol. The van der Waals surface area contributed by atoms with Gasteiger partial charge in [0.1, 0.15) is 5.82 Å². The highest BCUT2D eigenvalue weighted by molar-refractivity contribution is 7.09. The van der Waals surface area contributed by atoms with E-state index in [0.717, 1.165) is 24.0 Å². The van der Waals surface area contributed by atoms with Crippen LogP contribution in [0.2, 0.25) is 0 Å². The summed E-state index contributed by atoms with van der Waals surface area (Å²) in [6, 6.07) is 0.610. The first kappa shape index (κ1) is 12.4. The van der Waals surface area contributed by atoms with Crippen LogP contribution in [-0.2, 0) is 0 Å². The molecule has 1 unspecified atom stereocenters. The second kappa shape index (κ2) is 5.53. The molecule has 5 heteroatoms. The fourth-order valence-electron chi connectivity index (χ4n) is 2.63. The summed E-state index contributed by atoms with van der Waals surface area (Å²) in [4.78, 5) is 7.25. The Hall–Kier alpha value is -0.680. The molecule has 0 bridgehead atoms. The Morgan fingerprint density at radius 2 is 2.28 bits per heavy atom. The molecule has 1 aliphatic carbocycles. The Kier molecular flexibility index (Phi) is 3.80. The van der Waals surface area contributed by atoms with Gasteiger partial charge in [0, 0.05) is 36.6 Å². The van der Waals surface area contributed by atoms with Crippen LogP contribution in [0.3, 0.4) is 0 Å². The molecule has 18 heavy (non-hydrogen) atoms. The summed E-state index contributed by atoms with van der Waals surface area (Å²) in [5.74, 6) is 1.77. The molecule has 0 spiro atoms. The lowest BCUT2D eigenvalue weighted by molar-refractivity contribution is 0.430. The number of hydrogen-bond donors (Lipinski definition) is 1. The third-order valence-electron chi connectivity index (χ3n) is 3.80. The highest BCUT2D eigenvalue weighted by Gasteiger charge is 2.30. The largest absolute Gasteiger partial charge is 0.343 e. The number of piperidine rings is 1. The molecule has 4 nitrogen and oxygen atoms in total. The quantitative estimate of drug-likeness (QED) is 0.888. The molecular weight excluding hydrogens is 244 g/mol. The number of aromatic nitrogens is 2. The van der Waals surface area contributed by atoms with Gasteiger partial charge < -0.3 is 10.2 Å². The smallest absolute Gasteiger partial charge is 0.205 e. The summed E-state index contributed by atoms with van der Waals surface area (Å²) in [6.07, 6.45) is 6.31. The molecule has 3 rings (SSSR count). The topological polar surface area (TPSA) is 41.1 Å². The van der Waals surface area contributed by atoms with Gasteiger partial charge in [-0.05, 0) is 38.6 Å². The molecule has 100 valence electrons. The molecule has 0 amide bonds. The van der Waals surface area contributed by atoms with Crippen LogP contribution in [0.25, 0.3) is 0 Å². The summed E-state index contributed by atoms with van der Waals surface area (Å²) >= 11 is 1.60. The maximum absolute atomic E-state index is 4.77. The minimum absolute atomic E-state index is 0.610. The van der Waals surface area contributed by atoms with Gasteiger partial charge in [0.2, 0.25) is 5.13 Å². The Bertz CT molecular complexity index is 382. The molecule has 1 saturated carbocycles. The fourth-order valence-corrected chi connectivity index (χ4v) is 3.47. The van der Waals surface area contributed by atoms with Crippen LogP contribution in [0, 0.1) is 0 Å². The van der Waals surface area contributed by atoms with E-state index in [2.05, 4.69) is 21.5 Å². The summed E-state index contributed by atoms with van der Waals surface area (Å²) in [7, 11) is 0. The molecule has 0 radical (unpaired) electrons. The van der Waals surface area contributed by atoms with Crippen LogP contribution in [0.5, 0.6) is 0 Å². The molecule has 0 aromatic carbocycles. The molecule has 1 aliphatic heterocycles. The Labute approximate surface area is 113 Å². The lowest BCUT2D eigenvalue weighted by Gasteiger charge is -2.34. The van der Waals surface area contributed by atoms with Crippen molar-refractivity contribution in [2.75, 3.05) is 24.5 Å². The van der Waals surface area contributed by atoms with E-state index in [1.807, 2.05) is 0 Å². The molecular formula is C13H22N4S. The van der Waals surface area contributed by atoms with E-state index < -0.39 is 0 Å². The average Bonchev–Trinajstić information content (AvgIpc) is 3.16. The zero-order valence-corrected chi connectivity index (χ0v) is 11.9. The van der Waals surface area contributed by atoms with Crippen LogP contribution in [0.15, 0.2) is 0 Å². The van der Waals surface area contributed by atoms with Crippen molar-refractivity contribution in [1.29, 1.82) is 0 Å². The standard InChI is InChI=1S/C13H22N4S/c1-2-8-17(11-4-3-7-14-9-11)13-15-12(16-18-13)10-5-6-10/h10-11,14H,2-9H2,1H3. The molecule has 1 saturated heterocycles. The zero-order chi connectivity index (χ0) is 12.4. The molecule has 1 N–H and O–H groups in total. The lowest BCUT2D eigenvalue weighted by Crippen LogP contribution is -2.46. The minimum atomic E-state index is 0.610. The van der Waals surface area contributed by atoms with Gasteiger partial charge in [-0.3, -0.25) is 0 Å². The van der Waals surface area contributed by atoms with Gasteiger partial charge in [-0.1, -0.05) is 6.92 Å². The number of rotatable bonds is 5. The van der Waals surface area contributed by atoms with Gasteiger partial charge in [-0.25, -0.2) is 4.98 Å². The van der Waals surface area contributed by atoms with Crippen molar-refractivity contribution in [2.24, 2.45) is 0 Å². The van der Waals surface area contributed by atoms with Crippen LogP contribution in [0.1, 0.15) is 50.8 Å². The first-order valence-corrected chi connectivity index (χ1v) is 7.96. The molecule has 2 fully saturated rings. The fraction of sp³-hybridized carbons (Fsp3) is 0.846. The zero-order valence-electron chi connectivity index (χ0n) is 11.1. The summed E-state index contributed by atoms with van der Waals surface area (Å²) in [6.45, 7) is 5.61. The molecule has 2 heterocycles. The van der Waals surface area contributed by atoms with Crippen molar-refractivity contribution in [2.45, 2.75) is 51.0 Å². The highest BCUT2D eigenvalue weighted by atomic mass is 32.1. The normalized spacial score (nSPS) is 24.2. The number of nitrogens with one attached hydrogen (secondary N) is 1. The van der Waals surface area contributed by atoms with Crippen molar-refractivity contribution >= 4 is 16.7 Å². The van der Waals surface area contributed by atoms with Gasteiger partial charge in [0.15, 0.2) is 0 Å². The number of anilines is 1. The minimum Gasteiger partial charge on any atom is -0.343 e. The van der Waals surface area contributed by atoms with E-state index in [-0.39, 0.29) is 0 Å². The predicted molar refractivity (Wildman–Crippen MR) is 75.4 cm³/mol. The maximum Gasteiger partial charge on any atom is 0.205 e. The second-order valence-corrected chi connectivity index (χ2v) is 6.13. The summed E-state index contributed by atoms with van der Waals surface area (Å²) < 4.78 is 4.54. The predicted octanol–water partition coefficient (Wildman–Crippen LogP) is 2.38. The summed E-state index contributed by atoms with van der Waals surface area (Å²) in [5.41, 5.74) is 0. The van der Waals surface area contributed by atoms with Crippen LogP contribution < -0.4 is 10.2 Å². The van der Waals surface area contributed by atoms with Crippen LogP contribution in [-0.4, -0.2) is 35.0 Å². The van der Waals surface area contributed by atoms with E-state index in [1.54, 1.807) is 11.5 Å². The van der Waals surface area contributed by atoms with Crippen molar-refractivity contribution < 1.29 is 0 Å². The van der Waals surface area contributed by atoms with Crippen LogP contribution >= 0.6 is 11.5 Å². The van der Waals surface area contributed by atoms with Gasteiger partial charge in [-0.15, -0.1) is 0 Å². The monoisotopic (exact) mass is 266 g/mol. The lowest BCUT2D eigenvalue weighted by atomic mass is 10.1. The van der Waals surface area contributed by atoms with Crippen molar-refractivity contribution in [3.05, 3.63) is 5.82 Å². The van der Waals surface area contributed by atoms with Gasteiger partial charge in [0.25, 0.3) is 0 Å². The van der Waals surface area contributed by atoms with E-state index in [4.69, 9.17) is 4.98 Å². The third kappa shape index (κ3) is 2.67. The Balaban J connectivity index is 1.73. The van der Waals surface area contributed by atoms with E-state index in [1.165, 1.54) is 38.6 Å². The third-order valence-corrected chi connectivity index (χ3v) is 4.56. The first-order chi connectivity index (χ1) is 8.88. The van der Waals surface area contributed by atoms with Crippen molar-refractivity contribution in [1.82, 2.24) is 14.7 Å². The number of hydrogen-bond acceptors (Lipinski definition) is 5. The second-order valence-electron chi connectivity index (χ2n) is 5.40. The summed E-state index contributed by atoms with van der Waals surface area (Å²) in [5, 5.41) is 4.65. The highest BCUT2D eigenvalue weighted by Crippen LogP contribution is 2.40. The van der Waals surface area contributed by atoms with Crippen molar-refractivity contribution in [3.8, 4) is 0 Å². The number of nitrogens with zero attached hydrogens (tertiary/aromatic N) is 3. The molecule has 2 aliphatic rings. The van der Waals surface area contributed by atoms with E-state index in [9.17, 15) is 0 Å². The van der Waals surface area contributed by atoms with Crippen LogP contribution in [0.4, 0.5) is 5.13 Å². The Morgan fingerprint density at radius 1 is 1.39 bits per heavy atom. The molecule has 1 aromatic rings. The molecule has 1 atom stereocenters. The van der Waals surface area contributed by atoms with Gasteiger partial charge in [-0.2, -0.15) is 4.37 Å². The van der Waals surface area contributed by atoms with E-state index in [0.29, 0.717) is 12.0 Å². The Morgan fingerprint density at radius 3 is 2.94 bits per heavy atom. The first-order valence-electron chi connectivity index (χ1n) is 7.19.